The Morgan fingerprint density at radius 1 is 1.07 bits per heavy atom. The molecule has 3 rings (SSSR count). The third-order valence-electron chi connectivity index (χ3n) is 4.51. The highest BCUT2D eigenvalue weighted by atomic mass is 19.1. The molecule has 27 heavy (non-hydrogen) atoms. The molecule has 5 heteroatoms. The summed E-state index contributed by atoms with van der Waals surface area (Å²) in [5, 5.41) is 10.2. The lowest BCUT2D eigenvalue weighted by atomic mass is 9.86. The van der Waals surface area contributed by atoms with Gasteiger partial charge in [0.25, 0.3) is 0 Å². The highest BCUT2D eigenvalue weighted by Crippen LogP contribution is 2.31. The number of H-pyrrole nitrogens is 1. The molecule has 0 aliphatic carbocycles. The fourth-order valence-corrected chi connectivity index (χ4v) is 2.89. The minimum Gasteiger partial charge on any atom is -0.322 e. The van der Waals surface area contributed by atoms with E-state index in [0.29, 0.717) is 11.4 Å². The molecule has 4 nitrogen and oxygen atoms in total. The van der Waals surface area contributed by atoms with Gasteiger partial charge in [-0.1, -0.05) is 57.2 Å². The highest BCUT2D eigenvalue weighted by Gasteiger charge is 2.17. The Kier molecular flexibility index (Phi) is 5.13. The summed E-state index contributed by atoms with van der Waals surface area (Å²) in [5.41, 5.74) is 5.17. The van der Waals surface area contributed by atoms with Gasteiger partial charge in [0.1, 0.15) is 11.5 Å². The van der Waals surface area contributed by atoms with Crippen LogP contribution in [0.15, 0.2) is 48.5 Å². The molecule has 1 aromatic heterocycles. The first-order valence-electron chi connectivity index (χ1n) is 8.94. The van der Waals surface area contributed by atoms with Crippen LogP contribution in [0.3, 0.4) is 0 Å². The fraction of sp³-hybridized carbons (Fsp3) is 0.273. The van der Waals surface area contributed by atoms with Gasteiger partial charge in [-0.05, 0) is 35.6 Å². The summed E-state index contributed by atoms with van der Waals surface area (Å²) in [6, 6.07) is 14.2. The number of aromatic nitrogens is 2. The van der Waals surface area contributed by atoms with Gasteiger partial charge in [0, 0.05) is 5.56 Å². The zero-order chi connectivity index (χ0) is 19.6. The Morgan fingerprint density at radius 2 is 1.70 bits per heavy atom. The lowest BCUT2D eigenvalue weighted by Gasteiger charge is -2.19. The molecule has 2 aromatic carbocycles. The van der Waals surface area contributed by atoms with Crippen molar-refractivity contribution in [3.63, 3.8) is 0 Å². The summed E-state index contributed by atoms with van der Waals surface area (Å²) in [6.45, 7) is 8.37. The van der Waals surface area contributed by atoms with Gasteiger partial charge >= 0.3 is 0 Å². The lowest BCUT2D eigenvalue weighted by Crippen LogP contribution is -2.15. The van der Waals surface area contributed by atoms with E-state index in [1.807, 2.05) is 19.1 Å². The average molecular weight is 365 g/mol. The van der Waals surface area contributed by atoms with Crippen molar-refractivity contribution in [1.29, 1.82) is 0 Å². The van der Waals surface area contributed by atoms with E-state index >= 15 is 0 Å². The van der Waals surface area contributed by atoms with Gasteiger partial charge in [0.05, 0.1) is 17.8 Å². The van der Waals surface area contributed by atoms with Crippen LogP contribution in [0.4, 0.5) is 10.1 Å². The molecule has 0 saturated heterocycles. The number of carbonyl (C=O) groups excluding carboxylic acids is 1. The normalized spacial score (nSPS) is 11.4. The van der Waals surface area contributed by atoms with Gasteiger partial charge in [-0.15, -0.1) is 0 Å². The van der Waals surface area contributed by atoms with Crippen LogP contribution in [0, 0.1) is 12.7 Å². The number of aromatic amines is 1. The van der Waals surface area contributed by atoms with Crippen LogP contribution >= 0.6 is 0 Å². The van der Waals surface area contributed by atoms with Crippen LogP contribution in [0.2, 0.25) is 0 Å². The molecule has 3 aromatic rings. The smallest absolute Gasteiger partial charge is 0.228 e. The zero-order valence-corrected chi connectivity index (χ0v) is 16.1. The third-order valence-corrected chi connectivity index (χ3v) is 4.51. The first kappa shape index (κ1) is 18.8. The number of nitrogens with one attached hydrogen (secondary N) is 2. The second-order valence-corrected chi connectivity index (χ2v) is 7.75. The molecule has 0 fully saturated rings. The SMILES string of the molecule is Cc1[nH]nc(-c2ccc(C(C)(C)C)cc2)c1NC(=O)Cc1ccc(F)cc1. The predicted molar refractivity (Wildman–Crippen MR) is 106 cm³/mol. The van der Waals surface area contributed by atoms with Crippen molar-refractivity contribution < 1.29 is 9.18 Å². The van der Waals surface area contributed by atoms with Crippen molar-refractivity contribution in [2.45, 2.75) is 39.5 Å². The van der Waals surface area contributed by atoms with E-state index in [0.717, 1.165) is 16.8 Å². The molecule has 0 bridgehead atoms. The molecule has 0 spiro atoms. The van der Waals surface area contributed by atoms with E-state index in [1.165, 1.54) is 17.7 Å². The first-order valence-corrected chi connectivity index (χ1v) is 8.94. The van der Waals surface area contributed by atoms with Crippen LogP contribution in [0.5, 0.6) is 0 Å². The maximum atomic E-state index is 13.0. The number of amides is 1. The number of hydrogen-bond acceptors (Lipinski definition) is 2. The van der Waals surface area contributed by atoms with Gasteiger partial charge in [0.2, 0.25) is 5.91 Å². The average Bonchev–Trinajstić information content (AvgIpc) is 2.97. The summed E-state index contributed by atoms with van der Waals surface area (Å²) < 4.78 is 13.0. The zero-order valence-electron chi connectivity index (χ0n) is 16.1. The second-order valence-electron chi connectivity index (χ2n) is 7.75. The van der Waals surface area contributed by atoms with Crippen molar-refractivity contribution in [1.82, 2.24) is 10.2 Å². The van der Waals surface area contributed by atoms with E-state index in [1.54, 1.807) is 12.1 Å². The quantitative estimate of drug-likeness (QED) is 0.683. The van der Waals surface area contributed by atoms with E-state index in [2.05, 4.69) is 48.4 Å². The molecule has 0 atom stereocenters. The van der Waals surface area contributed by atoms with Gasteiger partial charge in [-0.2, -0.15) is 5.10 Å². The third kappa shape index (κ3) is 4.42. The standard InChI is InChI=1S/C22H24FN3O/c1-14-20(24-19(27)13-15-5-11-18(23)12-6-15)21(26-25-14)16-7-9-17(10-8-16)22(2,3)4/h5-12H,13H2,1-4H3,(H,24,27)(H,25,26). The van der Waals surface area contributed by atoms with Crippen molar-refractivity contribution in [2.24, 2.45) is 0 Å². The number of benzene rings is 2. The number of aryl methyl sites for hydroxylation is 1. The summed E-state index contributed by atoms with van der Waals surface area (Å²) in [4.78, 5) is 12.4. The van der Waals surface area contributed by atoms with Gasteiger partial charge in [-0.25, -0.2) is 4.39 Å². The maximum absolute atomic E-state index is 13.0. The van der Waals surface area contributed by atoms with E-state index in [-0.39, 0.29) is 23.6 Å². The summed E-state index contributed by atoms with van der Waals surface area (Å²) >= 11 is 0. The number of nitrogens with zero attached hydrogens (tertiary/aromatic N) is 1. The van der Waals surface area contributed by atoms with Crippen LogP contribution in [0.1, 0.15) is 37.6 Å². The topological polar surface area (TPSA) is 57.8 Å². The molecular formula is C22H24FN3O. The van der Waals surface area contributed by atoms with Crippen LogP contribution in [-0.2, 0) is 16.6 Å². The summed E-state index contributed by atoms with van der Waals surface area (Å²) in [7, 11) is 0. The highest BCUT2D eigenvalue weighted by molar-refractivity contribution is 5.96. The molecule has 0 unspecified atom stereocenters. The Hall–Kier alpha value is -2.95. The first-order chi connectivity index (χ1) is 12.7. The lowest BCUT2D eigenvalue weighted by molar-refractivity contribution is -0.115. The number of hydrogen-bond donors (Lipinski definition) is 2. The van der Waals surface area contributed by atoms with E-state index in [9.17, 15) is 9.18 Å². The molecule has 1 heterocycles. The van der Waals surface area contributed by atoms with E-state index < -0.39 is 0 Å². The van der Waals surface area contributed by atoms with Crippen LogP contribution in [0.25, 0.3) is 11.3 Å². The number of rotatable bonds is 4. The largest absolute Gasteiger partial charge is 0.322 e. The molecule has 0 aliphatic heterocycles. The molecule has 0 radical (unpaired) electrons. The Labute approximate surface area is 158 Å². The Bertz CT molecular complexity index is 935. The molecule has 2 N–H and O–H groups in total. The molecule has 0 saturated carbocycles. The van der Waals surface area contributed by atoms with Crippen molar-refractivity contribution in [2.75, 3.05) is 5.32 Å². The number of anilines is 1. The maximum Gasteiger partial charge on any atom is 0.228 e. The van der Waals surface area contributed by atoms with Gasteiger partial charge < -0.3 is 5.32 Å². The van der Waals surface area contributed by atoms with Crippen LogP contribution < -0.4 is 5.32 Å². The minimum absolute atomic E-state index is 0.0756. The van der Waals surface area contributed by atoms with E-state index in [4.69, 9.17) is 0 Å². The Morgan fingerprint density at radius 3 is 2.30 bits per heavy atom. The molecule has 1 amide bonds. The molecule has 140 valence electrons. The minimum atomic E-state index is -0.314. The van der Waals surface area contributed by atoms with Crippen molar-refractivity contribution >= 4 is 11.6 Å². The van der Waals surface area contributed by atoms with Crippen molar-refractivity contribution in [3.05, 3.63) is 71.2 Å². The fourth-order valence-electron chi connectivity index (χ4n) is 2.89. The van der Waals surface area contributed by atoms with Gasteiger partial charge in [-0.3, -0.25) is 9.89 Å². The van der Waals surface area contributed by atoms with Crippen molar-refractivity contribution in [3.8, 4) is 11.3 Å². The summed E-state index contributed by atoms with van der Waals surface area (Å²) in [6.07, 6.45) is 0.174. The second kappa shape index (κ2) is 7.35. The summed E-state index contributed by atoms with van der Waals surface area (Å²) in [5.74, 6) is -0.482. The molecular weight excluding hydrogens is 341 g/mol. The molecule has 0 aliphatic rings. The number of halogens is 1. The predicted octanol–water partition coefficient (Wildman–Crippen LogP) is 5.00. The monoisotopic (exact) mass is 365 g/mol. The van der Waals surface area contributed by atoms with Crippen LogP contribution in [-0.4, -0.2) is 16.1 Å². The van der Waals surface area contributed by atoms with Gasteiger partial charge in [0.15, 0.2) is 0 Å². The number of carbonyl (C=O) groups is 1. The Balaban J connectivity index is 1.80.